The number of carbonyl (C=O) groups excluding carboxylic acids is 1. The summed E-state index contributed by atoms with van der Waals surface area (Å²) in [6.45, 7) is 7.05. The first-order valence-electron chi connectivity index (χ1n) is 8.61. The van der Waals surface area contributed by atoms with Gasteiger partial charge in [0.2, 0.25) is 10.0 Å². The van der Waals surface area contributed by atoms with Gasteiger partial charge in [-0.1, -0.05) is 30.3 Å². The van der Waals surface area contributed by atoms with Gasteiger partial charge >= 0.3 is 5.97 Å². The summed E-state index contributed by atoms with van der Waals surface area (Å²) in [5.74, 6) is -0.0261. The second-order valence-corrected chi connectivity index (χ2v) is 7.84. The van der Waals surface area contributed by atoms with Crippen molar-refractivity contribution >= 4 is 16.0 Å². The molecular weight excluding hydrogens is 366 g/mol. The second kappa shape index (κ2) is 8.54. The molecule has 146 valence electrons. The maximum Gasteiger partial charge on any atom is 0.328 e. The molecule has 0 amide bonds. The van der Waals surface area contributed by atoms with Crippen molar-refractivity contribution in [2.45, 2.75) is 38.6 Å². The lowest BCUT2D eigenvalue weighted by Crippen LogP contribution is -2.35. The van der Waals surface area contributed by atoms with Gasteiger partial charge in [0.25, 0.3) is 0 Å². The van der Waals surface area contributed by atoms with Crippen LogP contribution in [0, 0.1) is 20.8 Å². The summed E-state index contributed by atoms with van der Waals surface area (Å²) in [5, 5.41) is 0. The number of esters is 1. The van der Waals surface area contributed by atoms with E-state index in [0.717, 1.165) is 5.56 Å². The Labute approximate surface area is 160 Å². The van der Waals surface area contributed by atoms with Crippen LogP contribution in [0.1, 0.15) is 35.2 Å². The van der Waals surface area contributed by atoms with Gasteiger partial charge in [0.15, 0.2) is 0 Å². The molecule has 0 heterocycles. The van der Waals surface area contributed by atoms with Gasteiger partial charge in [-0.15, -0.1) is 0 Å². The fraction of sp³-hybridized carbons (Fsp3) is 0.350. The van der Waals surface area contributed by atoms with Crippen LogP contribution in [0.15, 0.2) is 41.3 Å². The smallest absolute Gasteiger partial charge is 0.328 e. The summed E-state index contributed by atoms with van der Waals surface area (Å²) >= 11 is 0. The molecule has 2 aromatic rings. The zero-order valence-electron chi connectivity index (χ0n) is 16.2. The summed E-state index contributed by atoms with van der Waals surface area (Å²) in [5.41, 5.74) is 2.36. The molecule has 0 aromatic heterocycles. The Kier molecular flexibility index (Phi) is 6.62. The van der Waals surface area contributed by atoms with Crippen LogP contribution in [-0.4, -0.2) is 28.1 Å². The maximum atomic E-state index is 13.2. The van der Waals surface area contributed by atoms with Gasteiger partial charge < -0.3 is 9.47 Å². The zero-order valence-corrected chi connectivity index (χ0v) is 17.0. The molecule has 1 atom stereocenters. The van der Waals surface area contributed by atoms with Gasteiger partial charge in [0.05, 0.1) is 18.6 Å². The van der Waals surface area contributed by atoms with Crippen LogP contribution in [0.5, 0.6) is 5.75 Å². The maximum absolute atomic E-state index is 13.2. The first-order valence-corrected chi connectivity index (χ1v) is 10.1. The molecule has 1 N–H and O–H groups in total. The van der Waals surface area contributed by atoms with Crippen LogP contribution in [-0.2, 0) is 19.6 Å². The topological polar surface area (TPSA) is 81.7 Å². The fourth-order valence-electron chi connectivity index (χ4n) is 2.98. The Bertz CT molecular complexity index is 923. The largest absolute Gasteiger partial charge is 0.496 e. The molecule has 0 spiro atoms. The minimum absolute atomic E-state index is 0.144. The molecular formula is C20H25NO5S. The molecule has 0 bridgehead atoms. The molecule has 0 unspecified atom stereocenters. The lowest BCUT2D eigenvalue weighted by molar-refractivity contribution is -0.145. The van der Waals surface area contributed by atoms with E-state index in [0.29, 0.717) is 22.4 Å². The predicted molar refractivity (Wildman–Crippen MR) is 103 cm³/mol. The van der Waals surface area contributed by atoms with Gasteiger partial charge in [0, 0.05) is 0 Å². The lowest BCUT2D eigenvalue weighted by Gasteiger charge is -2.21. The van der Waals surface area contributed by atoms with Gasteiger partial charge in [0.1, 0.15) is 11.8 Å². The average Bonchev–Trinajstić information content (AvgIpc) is 2.63. The zero-order chi connectivity index (χ0) is 20.2. The summed E-state index contributed by atoms with van der Waals surface area (Å²) in [4.78, 5) is 12.6. The molecule has 2 rings (SSSR count). The standard InChI is InChI=1S/C20H25NO5S/c1-6-26-20(22)18(16-10-8-7-9-11-16)21-27(23,24)19-13(2)12-17(25-5)14(3)15(19)4/h7-12,18,21H,6H2,1-5H3/t18-/m1/s1. The Morgan fingerprint density at radius 3 is 2.30 bits per heavy atom. The monoisotopic (exact) mass is 391 g/mol. The average molecular weight is 391 g/mol. The normalized spacial score (nSPS) is 12.5. The number of hydrogen-bond donors (Lipinski definition) is 1. The van der Waals surface area contributed by atoms with E-state index in [1.165, 1.54) is 0 Å². The molecule has 27 heavy (non-hydrogen) atoms. The van der Waals surface area contributed by atoms with Crippen LogP contribution in [0.3, 0.4) is 0 Å². The van der Waals surface area contributed by atoms with Crippen molar-refractivity contribution in [1.29, 1.82) is 0 Å². The molecule has 2 aromatic carbocycles. The lowest BCUT2D eigenvalue weighted by atomic mass is 10.1. The number of sulfonamides is 1. The number of methoxy groups -OCH3 is 1. The third-order valence-electron chi connectivity index (χ3n) is 4.40. The van der Waals surface area contributed by atoms with Crippen molar-refractivity contribution in [3.63, 3.8) is 0 Å². The van der Waals surface area contributed by atoms with Crippen molar-refractivity contribution in [2.75, 3.05) is 13.7 Å². The summed E-state index contributed by atoms with van der Waals surface area (Å²) in [7, 11) is -2.44. The van der Waals surface area contributed by atoms with Crippen molar-refractivity contribution in [1.82, 2.24) is 4.72 Å². The number of ether oxygens (including phenoxy) is 2. The highest BCUT2D eigenvalue weighted by Gasteiger charge is 2.31. The van der Waals surface area contributed by atoms with Crippen LogP contribution in [0.2, 0.25) is 0 Å². The van der Waals surface area contributed by atoms with Crippen LogP contribution < -0.4 is 9.46 Å². The first-order chi connectivity index (χ1) is 12.7. The van der Waals surface area contributed by atoms with E-state index in [9.17, 15) is 13.2 Å². The summed E-state index contributed by atoms with van der Waals surface area (Å²) in [6.07, 6.45) is 0. The number of rotatable bonds is 7. The van der Waals surface area contributed by atoms with Crippen LogP contribution in [0.4, 0.5) is 0 Å². The van der Waals surface area contributed by atoms with Gasteiger partial charge in [-0.3, -0.25) is 0 Å². The molecule has 0 radical (unpaired) electrons. The Hall–Kier alpha value is -2.38. The number of nitrogens with one attached hydrogen (secondary N) is 1. The number of benzene rings is 2. The van der Waals surface area contributed by atoms with E-state index in [1.54, 1.807) is 71.2 Å². The summed E-state index contributed by atoms with van der Waals surface area (Å²) in [6, 6.07) is 9.19. The van der Waals surface area contributed by atoms with Gasteiger partial charge in [-0.2, -0.15) is 4.72 Å². The Balaban J connectivity index is 2.52. The Morgan fingerprint density at radius 2 is 1.74 bits per heavy atom. The first kappa shape index (κ1) is 20.9. The molecule has 0 fully saturated rings. The van der Waals surface area contributed by atoms with E-state index in [4.69, 9.17) is 9.47 Å². The SMILES string of the molecule is CCOC(=O)[C@H](NS(=O)(=O)c1c(C)cc(OC)c(C)c1C)c1ccccc1. The quantitative estimate of drug-likeness (QED) is 0.733. The van der Waals surface area contributed by atoms with Crippen LogP contribution >= 0.6 is 0 Å². The number of carbonyl (C=O) groups is 1. The minimum Gasteiger partial charge on any atom is -0.496 e. The van der Waals surface area contributed by atoms with Crippen molar-refractivity contribution in [2.24, 2.45) is 0 Å². The molecule has 0 aliphatic rings. The van der Waals surface area contributed by atoms with Crippen molar-refractivity contribution in [3.05, 3.63) is 58.7 Å². The fourth-order valence-corrected chi connectivity index (χ4v) is 4.68. The van der Waals surface area contributed by atoms with E-state index in [1.807, 2.05) is 0 Å². The number of hydrogen-bond acceptors (Lipinski definition) is 5. The van der Waals surface area contributed by atoms with Gasteiger partial charge in [-0.25, -0.2) is 13.2 Å². The molecule has 0 saturated carbocycles. The molecule has 0 aliphatic carbocycles. The van der Waals surface area contributed by atoms with E-state index in [2.05, 4.69) is 4.72 Å². The predicted octanol–water partition coefficient (Wildman–Crippen LogP) is 3.20. The highest BCUT2D eigenvalue weighted by atomic mass is 32.2. The van der Waals surface area contributed by atoms with E-state index in [-0.39, 0.29) is 11.5 Å². The number of aryl methyl sites for hydroxylation is 1. The van der Waals surface area contributed by atoms with Crippen LogP contribution in [0.25, 0.3) is 0 Å². The van der Waals surface area contributed by atoms with E-state index >= 15 is 0 Å². The Morgan fingerprint density at radius 1 is 1.11 bits per heavy atom. The third kappa shape index (κ3) is 4.48. The molecule has 6 nitrogen and oxygen atoms in total. The second-order valence-electron chi connectivity index (χ2n) is 6.19. The van der Waals surface area contributed by atoms with E-state index < -0.39 is 22.0 Å². The summed E-state index contributed by atoms with van der Waals surface area (Å²) < 4.78 is 39.2. The highest BCUT2D eigenvalue weighted by Crippen LogP contribution is 2.31. The highest BCUT2D eigenvalue weighted by molar-refractivity contribution is 7.89. The van der Waals surface area contributed by atoms with Gasteiger partial charge in [-0.05, 0) is 56.0 Å². The molecule has 0 aliphatic heterocycles. The molecule has 7 heteroatoms. The molecule has 0 saturated heterocycles. The van der Waals surface area contributed by atoms with Crippen molar-refractivity contribution in [3.8, 4) is 5.75 Å². The minimum atomic E-state index is -3.99. The third-order valence-corrected chi connectivity index (χ3v) is 6.11. The van der Waals surface area contributed by atoms with Crippen molar-refractivity contribution < 1.29 is 22.7 Å².